The van der Waals surface area contributed by atoms with Crippen LogP contribution in [-0.4, -0.2) is 18.2 Å². The van der Waals surface area contributed by atoms with Crippen LogP contribution in [0.5, 0.6) is 0 Å². The van der Waals surface area contributed by atoms with E-state index in [9.17, 15) is 0 Å². The molecule has 0 unspecified atom stereocenters. The number of furan rings is 1. The summed E-state index contributed by atoms with van der Waals surface area (Å²) >= 11 is 0. The van der Waals surface area contributed by atoms with E-state index in [1.54, 1.807) is 19.5 Å². The molecule has 144 valence electrons. The van der Waals surface area contributed by atoms with Gasteiger partial charge in [-0.25, -0.2) is 4.98 Å². The molecule has 4 aromatic rings. The first-order valence-corrected chi connectivity index (χ1v) is 9.74. The third kappa shape index (κ3) is 3.52. The van der Waals surface area contributed by atoms with Crippen LogP contribution in [-0.2, 0) is 0 Å². The maximum atomic E-state index is 6.22. The minimum absolute atomic E-state index is 0.674. The van der Waals surface area contributed by atoms with Crippen LogP contribution in [0.1, 0.15) is 29.2 Å². The Morgan fingerprint density at radius 2 is 1.79 bits per heavy atom. The fourth-order valence-electron chi connectivity index (χ4n) is 3.77. The van der Waals surface area contributed by atoms with Crippen molar-refractivity contribution < 1.29 is 4.42 Å². The first-order chi connectivity index (χ1) is 14.1. The molecule has 29 heavy (non-hydrogen) atoms. The molecule has 0 amide bonds. The normalized spacial score (nSPS) is 13.1. The second kappa shape index (κ2) is 7.88. The van der Waals surface area contributed by atoms with Gasteiger partial charge in [0.2, 0.25) is 5.71 Å². The number of allylic oxidation sites excluding steroid dienone is 4. The van der Waals surface area contributed by atoms with Gasteiger partial charge in [-0.1, -0.05) is 48.0 Å². The van der Waals surface area contributed by atoms with Crippen molar-refractivity contribution in [2.24, 2.45) is 4.99 Å². The molecule has 0 aliphatic rings. The summed E-state index contributed by atoms with van der Waals surface area (Å²) in [5.41, 5.74) is 8.58. The van der Waals surface area contributed by atoms with Gasteiger partial charge in [-0.15, -0.1) is 0 Å². The van der Waals surface area contributed by atoms with Crippen LogP contribution in [0.15, 0.2) is 76.3 Å². The van der Waals surface area contributed by atoms with E-state index < -0.39 is 0 Å². The molecule has 2 aromatic heterocycles. The van der Waals surface area contributed by atoms with Crippen molar-refractivity contribution in [2.75, 3.05) is 7.05 Å². The van der Waals surface area contributed by atoms with Crippen LogP contribution >= 0.6 is 0 Å². The fraction of sp³-hybridized carbons (Fsp3) is 0.154. The maximum absolute atomic E-state index is 6.22. The van der Waals surface area contributed by atoms with Crippen LogP contribution in [0.3, 0.4) is 0 Å². The Hall–Kier alpha value is -3.46. The molecule has 3 heteroatoms. The first-order valence-electron chi connectivity index (χ1n) is 9.74. The van der Waals surface area contributed by atoms with Crippen LogP contribution in [0.2, 0.25) is 0 Å². The Bertz CT molecular complexity index is 1270. The largest absolute Gasteiger partial charge is 0.437 e. The van der Waals surface area contributed by atoms with E-state index in [1.807, 2.05) is 12.1 Å². The minimum Gasteiger partial charge on any atom is -0.437 e. The van der Waals surface area contributed by atoms with Gasteiger partial charge >= 0.3 is 0 Å². The van der Waals surface area contributed by atoms with Crippen LogP contribution in [0.25, 0.3) is 33.2 Å². The molecule has 0 aliphatic heterocycles. The van der Waals surface area contributed by atoms with Gasteiger partial charge in [0, 0.05) is 35.8 Å². The molecule has 4 rings (SSSR count). The van der Waals surface area contributed by atoms with E-state index in [2.05, 4.69) is 79.3 Å². The first kappa shape index (κ1) is 18.9. The number of rotatable bonds is 4. The maximum Gasteiger partial charge on any atom is 0.227 e. The van der Waals surface area contributed by atoms with Crippen molar-refractivity contribution in [3.8, 4) is 0 Å². The van der Waals surface area contributed by atoms with E-state index in [0.29, 0.717) is 5.71 Å². The Balaban J connectivity index is 2.02. The Kier molecular flexibility index (Phi) is 5.13. The average molecular weight is 380 g/mol. The van der Waals surface area contributed by atoms with Gasteiger partial charge in [-0.3, -0.25) is 4.99 Å². The zero-order chi connectivity index (χ0) is 20.4. The standard InChI is InChI=1S/C26H24N2O/c1-17-9-12-20(13-10-17)21(7-5-15-27-4)19(3)24-18(2)11-14-22-23-8-6-16-28-26(23)29-25(22)24/h5-16H,1-4H3/b7-5-,21-19-,27-15+. The third-order valence-electron chi connectivity index (χ3n) is 5.27. The number of aliphatic imine (C=N–C) groups is 1. The summed E-state index contributed by atoms with van der Waals surface area (Å²) < 4.78 is 6.22. The molecule has 0 fully saturated rings. The third-order valence-corrected chi connectivity index (χ3v) is 5.27. The zero-order valence-corrected chi connectivity index (χ0v) is 17.2. The lowest BCUT2D eigenvalue weighted by Gasteiger charge is -2.13. The summed E-state index contributed by atoms with van der Waals surface area (Å²) in [4.78, 5) is 8.49. The molecule has 0 bridgehead atoms. The lowest BCUT2D eigenvalue weighted by Crippen LogP contribution is -1.92. The molecule has 0 saturated carbocycles. The van der Waals surface area contributed by atoms with Crippen molar-refractivity contribution >= 4 is 39.4 Å². The molecule has 3 nitrogen and oxygen atoms in total. The highest BCUT2D eigenvalue weighted by Crippen LogP contribution is 2.37. The summed E-state index contributed by atoms with van der Waals surface area (Å²) in [6.07, 6.45) is 7.67. The van der Waals surface area contributed by atoms with Gasteiger partial charge in [0.25, 0.3) is 0 Å². The Morgan fingerprint density at radius 3 is 2.55 bits per heavy atom. The summed E-state index contributed by atoms with van der Waals surface area (Å²) in [7, 11) is 1.78. The van der Waals surface area contributed by atoms with E-state index in [1.165, 1.54) is 16.7 Å². The van der Waals surface area contributed by atoms with Gasteiger partial charge in [-0.2, -0.15) is 0 Å². The lowest BCUT2D eigenvalue weighted by atomic mass is 9.91. The number of aromatic nitrogens is 1. The van der Waals surface area contributed by atoms with E-state index in [-0.39, 0.29) is 0 Å². The van der Waals surface area contributed by atoms with Crippen molar-refractivity contribution in [3.05, 3.63) is 89.1 Å². The molecule has 0 N–H and O–H groups in total. The monoisotopic (exact) mass is 380 g/mol. The zero-order valence-electron chi connectivity index (χ0n) is 17.2. The van der Waals surface area contributed by atoms with Crippen LogP contribution in [0, 0.1) is 13.8 Å². The SMILES string of the molecule is C/N=C/C=C\C(=C(/C)c1c(C)ccc2c1oc1ncccc12)c1ccc(C)cc1. The van der Waals surface area contributed by atoms with Crippen LogP contribution in [0.4, 0.5) is 0 Å². The number of fused-ring (bicyclic) bond motifs is 3. The number of hydrogen-bond donors (Lipinski definition) is 0. The topological polar surface area (TPSA) is 38.4 Å². The molecular weight excluding hydrogens is 356 g/mol. The number of nitrogens with zero attached hydrogens (tertiary/aromatic N) is 2. The number of benzene rings is 2. The molecule has 0 spiro atoms. The summed E-state index contributed by atoms with van der Waals surface area (Å²) in [6, 6.07) is 16.9. The summed E-state index contributed by atoms with van der Waals surface area (Å²) in [5, 5.41) is 2.14. The van der Waals surface area contributed by atoms with Gasteiger partial charge in [0.05, 0.1) is 0 Å². The lowest BCUT2D eigenvalue weighted by molar-refractivity contribution is 0.652. The molecule has 2 heterocycles. The number of aryl methyl sites for hydroxylation is 2. The number of hydrogen-bond acceptors (Lipinski definition) is 3. The second-order valence-corrected chi connectivity index (χ2v) is 7.26. The summed E-state index contributed by atoms with van der Waals surface area (Å²) in [6.45, 7) is 6.39. The molecular formula is C26H24N2O. The minimum atomic E-state index is 0.674. The molecule has 0 aliphatic carbocycles. The molecule has 0 radical (unpaired) electrons. The summed E-state index contributed by atoms with van der Waals surface area (Å²) in [5.74, 6) is 0. The highest BCUT2D eigenvalue weighted by atomic mass is 16.3. The van der Waals surface area contributed by atoms with Gasteiger partial charge in [-0.05, 0) is 61.3 Å². The van der Waals surface area contributed by atoms with Crippen molar-refractivity contribution in [2.45, 2.75) is 20.8 Å². The van der Waals surface area contributed by atoms with Crippen molar-refractivity contribution in [1.29, 1.82) is 0 Å². The molecule has 0 saturated heterocycles. The predicted octanol–water partition coefficient (Wildman–Crippen LogP) is 6.79. The van der Waals surface area contributed by atoms with Crippen molar-refractivity contribution in [1.82, 2.24) is 4.98 Å². The Morgan fingerprint density at radius 1 is 1.00 bits per heavy atom. The average Bonchev–Trinajstić information content (AvgIpc) is 3.10. The van der Waals surface area contributed by atoms with Crippen molar-refractivity contribution in [3.63, 3.8) is 0 Å². The smallest absolute Gasteiger partial charge is 0.227 e. The second-order valence-electron chi connectivity index (χ2n) is 7.26. The highest BCUT2D eigenvalue weighted by molar-refractivity contribution is 6.10. The number of pyridine rings is 1. The van der Waals surface area contributed by atoms with Gasteiger partial charge in [0.15, 0.2) is 0 Å². The molecule has 2 aromatic carbocycles. The quantitative estimate of drug-likeness (QED) is 0.222. The van der Waals surface area contributed by atoms with Crippen LogP contribution < -0.4 is 0 Å². The van der Waals surface area contributed by atoms with E-state index in [0.717, 1.165) is 33.1 Å². The fourth-order valence-corrected chi connectivity index (χ4v) is 3.77. The van der Waals surface area contributed by atoms with E-state index >= 15 is 0 Å². The van der Waals surface area contributed by atoms with E-state index in [4.69, 9.17) is 4.42 Å². The highest BCUT2D eigenvalue weighted by Gasteiger charge is 2.17. The van der Waals surface area contributed by atoms with Gasteiger partial charge in [0.1, 0.15) is 5.58 Å². The van der Waals surface area contributed by atoms with Gasteiger partial charge < -0.3 is 4.42 Å². The Labute approximate surface area is 171 Å². The molecule has 0 atom stereocenters. The predicted molar refractivity (Wildman–Crippen MR) is 123 cm³/mol.